The fourth-order valence-electron chi connectivity index (χ4n) is 3.27. The lowest BCUT2D eigenvalue weighted by molar-refractivity contribution is -0.160. The lowest BCUT2D eigenvalue weighted by Crippen LogP contribution is -2.57. The van der Waals surface area contributed by atoms with Crippen molar-refractivity contribution in [1.29, 1.82) is 0 Å². The molecule has 0 aliphatic carbocycles. The highest BCUT2D eigenvalue weighted by Gasteiger charge is 2.42. The molecule has 6 nitrogen and oxygen atoms in total. The maximum atomic E-state index is 13.0. The lowest BCUT2D eigenvalue weighted by Gasteiger charge is -2.40. The second kappa shape index (κ2) is 7.33. The van der Waals surface area contributed by atoms with Gasteiger partial charge in [-0.3, -0.25) is 9.69 Å². The number of aromatic nitrogens is 1. The van der Waals surface area contributed by atoms with Gasteiger partial charge in [-0.15, -0.1) is 0 Å². The van der Waals surface area contributed by atoms with Crippen LogP contribution in [0.3, 0.4) is 0 Å². The molecule has 2 heterocycles. The van der Waals surface area contributed by atoms with E-state index in [4.69, 9.17) is 4.52 Å². The first kappa shape index (κ1) is 17.6. The van der Waals surface area contributed by atoms with E-state index in [-0.39, 0.29) is 18.3 Å². The summed E-state index contributed by atoms with van der Waals surface area (Å²) < 4.78 is 17.8. The molecule has 25 heavy (non-hydrogen) atoms. The molecular weight excluding hydrogens is 325 g/mol. The first-order valence-electron chi connectivity index (χ1n) is 8.30. The molecule has 1 amide bonds. The Bertz CT molecular complexity index is 705. The van der Waals surface area contributed by atoms with Gasteiger partial charge in [0, 0.05) is 32.2 Å². The topological polar surface area (TPSA) is 69.8 Å². The van der Waals surface area contributed by atoms with Crippen molar-refractivity contribution in [3.05, 3.63) is 53.7 Å². The first-order valence-corrected chi connectivity index (χ1v) is 8.30. The smallest absolute Gasteiger partial charge is 0.256 e. The van der Waals surface area contributed by atoms with E-state index in [1.165, 1.54) is 18.4 Å². The zero-order valence-electron chi connectivity index (χ0n) is 14.2. The van der Waals surface area contributed by atoms with Crippen LogP contribution in [0.5, 0.6) is 0 Å². The molecule has 0 spiro atoms. The van der Waals surface area contributed by atoms with E-state index >= 15 is 0 Å². The number of amides is 1. The zero-order chi connectivity index (χ0) is 17.9. The number of hydrogen-bond acceptors (Lipinski definition) is 5. The van der Waals surface area contributed by atoms with Crippen LogP contribution in [0.2, 0.25) is 0 Å². The summed E-state index contributed by atoms with van der Waals surface area (Å²) in [5.41, 5.74) is 0.170. The monoisotopic (exact) mass is 347 g/mol. The first-order chi connectivity index (χ1) is 12.0. The van der Waals surface area contributed by atoms with Crippen molar-refractivity contribution in [2.24, 2.45) is 0 Å². The Morgan fingerprint density at radius 1 is 1.36 bits per heavy atom. The maximum Gasteiger partial charge on any atom is 0.256 e. The molecule has 1 aromatic carbocycles. The summed E-state index contributed by atoms with van der Waals surface area (Å²) in [5.74, 6) is -0.588. The van der Waals surface area contributed by atoms with Crippen molar-refractivity contribution in [2.45, 2.75) is 31.5 Å². The highest BCUT2D eigenvalue weighted by atomic mass is 19.1. The summed E-state index contributed by atoms with van der Waals surface area (Å²) >= 11 is 0. The predicted octanol–water partition coefficient (Wildman–Crippen LogP) is 1.80. The average Bonchev–Trinajstić information content (AvgIpc) is 3.07. The van der Waals surface area contributed by atoms with Gasteiger partial charge in [-0.1, -0.05) is 17.3 Å². The Morgan fingerprint density at radius 3 is 2.80 bits per heavy atom. The Balaban J connectivity index is 1.64. The van der Waals surface area contributed by atoms with Crippen molar-refractivity contribution in [1.82, 2.24) is 15.0 Å². The van der Waals surface area contributed by atoms with Crippen LogP contribution in [0.1, 0.15) is 24.1 Å². The second-order valence-corrected chi connectivity index (χ2v) is 6.65. The van der Waals surface area contributed by atoms with Crippen molar-refractivity contribution < 1.29 is 18.8 Å². The van der Waals surface area contributed by atoms with Gasteiger partial charge in [0.15, 0.2) is 5.60 Å². The molecule has 2 aromatic rings. The standard InChI is InChI=1S/C18H22FN3O3/c1-21(12-16-7-10-25-20-16)13-18(24)8-2-9-22(17(18)23)11-14-3-5-15(19)6-4-14/h3-7,10,24H,2,8-9,11-13H2,1H3/t18-/m0/s1. The number of rotatable bonds is 6. The Kier molecular flexibility index (Phi) is 5.15. The minimum atomic E-state index is -1.42. The number of benzene rings is 1. The van der Waals surface area contributed by atoms with Crippen LogP contribution in [0.4, 0.5) is 4.39 Å². The fourth-order valence-corrected chi connectivity index (χ4v) is 3.27. The molecule has 0 saturated carbocycles. The van der Waals surface area contributed by atoms with Crippen LogP contribution in [0, 0.1) is 5.82 Å². The van der Waals surface area contributed by atoms with Crippen LogP contribution in [-0.4, -0.2) is 51.7 Å². The molecular formula is C18H22FN3O3. The van der Waals surface area contributed by atoms with Crippen LogP contribution >= 0.6 is 0 Å². The summed E-state index contributed by atoms with van der Waals surface area (Å²) in [5, 5.41) is 14.7. The fraction of sp³-hybridized carbons (Fsp3) is 0.444. The highest BCUT2D eigenvalue weighted by molar-refractivity contribution is 5.86. The van der Waals surface area contributed by atoms with Gasteiger partial charge in [0.25, 0.3) is 5.91 Å². The third kappa shape index (κ3) is 4.24. The number of carbonyl (C=O) groups excluding carboxylic acids is 1. The van der Waals surface area contributed by atoms with E-state index in [0.717, 1.165) is 17.7 Å². The van der Waals surface area contributed by atoms with Gasteiger partial charge in [0.05, 0.1) is 5.69 Å². The molecule has 1 saturated heterocycles. The van der Waals surface area contributed by atoms with E-state index in [1.54, 1.807) is 23.1 Å². The van der Waals surface area contributed by atoms with Crippen molar-refractivity contribution in [2.75, 3.05) is 20.1 Å². The quantitative estimate of drug-likeness (QED) is 0.863. The number of halogens is 1. The Labute approximate surface area is 145 Å². The summed E-state index contributed by atoms with van der Waals surface area (Å²) in [6.07, 6.45) is 2.64. The molecule has 1 atom stereocenters. The maximum absolute atomic E-state index is 13.0. The average molecular weight is 347 g/mol. The SMILES string of the molecule is CN(Cc1ccon1)C[C@@]1(O)CCCN(Cc2ccc(F)cc2)C1=O. The van der Waals surface area contributed by atoms with E-state index in [0.29, 0.717) is 26.1 Å². The van der Waals surface area contributed by atoms with Crippen molar-refractivity contribution in [3.63, 3.8) is 0 Å². The molecule has 0 bridgehead atoms. The molecule has 3 rings (SSSR count). The number of piperidine rings is 1. The number of aliphatic hydroxyl groups is 1. The van der Waals surface area contributed by atoms with Gasteiger partial charge in [-0.25, -0.2) is 4.39 Å². The van der Waals surface area contributed by atoms with Crippen molar-refractivity contribution in [3.8, 4) is 0 Å². The number of carbonyl (C=O) groups is 1. The van der Waals surface area contributed by atoms with Crippen LogP contribution in [-0.2, 0) is 17.9 Å². The number of likely N-dealkylation sites (N-methyl/N-ethyl adjacent to an activating group) is 1. The molecule has 1 fully saturated rings. The van der Waals surface area contributed by atoms with Gasteiger partial charge in [0.1, 0.15) is 12.1 Å². The summed E-state index contributed by atoms with van der Waals surface area (Å²) in [6, 6.07) is 7.83. The lowest BCUT2D eigenvalue weighted by atomic mass is 9.90. The normalized spacial score (nSPS) is 21.1. The molecule has 1 N–H and O–H groups in total. The van der Waals surface area contributed by atoms with E-state index in [2.05, 4.69) is 5.16 Å². The van der Waals surface area contributed by atoms with Crippen LogP contribution in [0.25, 0.3) is 0 Å². The molecule has 1 aliphatic heterocycles. The van der Waals surface area contributed by atoms with E-state index < -0.39 is 5.60 Å². The zero-order valence-corrected chi connectivity index (χ0v) is 14.2. The molecule has 134 valence electrons. The molecule has 1 aliphatic rings. The minimum Gasteiger partial charge on any atom is -0.379 e. The number of likely N-dealkylation sites (tertiary alicyclic amines) is 1. The summed E-state index contributed by atoms with van der Waals surface area (Å²) in [6.45, 7) is 1.67. The molecule has 0 radical (unpaired) electrons. The van der Waals surface area contributed by atoms with Gasteiger partial charge in [-0.05, 0) is 37.6 Å². The second-order valence-electron chi connectivity index (χ2n) is 6.65. The van der Waals surface area contributed by atoms with E-state index in [1.807, 2.05) is 11.9 Å². The Hall–Kier alpha value is -2.25. The summed E-state index contributed by atoms with van der Waals surface area (Å²) in [7, 11) is 1.83. The van der Waals surface area contributed by atoms with Crippen molar-refractivity contribution >= 4 is 5.91 Å². The van der Waals surface area contributed by atoms with Gasteiger partial charge in [0.2, 0.25) is 0 Å². The van der Waals surface area contributed by atoms with Gasteiger partial charge in [-0.2, -0.15) is 0 Å². The van der Waals surface area contributed by atoms with Gasteiger partial charge >= 0.3 is 0 Å². The number of nitrogens with zero attached hydrogens (tertiary/aromatic N) is 3. The predicted molar refractivity (Wildman–Crippen MR) is 88.8 cm³/mol. The Morgan fingerprint density at radius 2 is 2.12 bits per heavy atom. The highest BCUT2D eigenvalue weighted by Crippen LogP contribution is 2.25. The molecule has 7 heteroatoms. The third-order valence-electron chi connectivity index (χ3n) is 4.45. The number of hydrogen-bond donors (Lipinski definition) is 1. The summed E-state index contributed by atoms with van der Waals surface area (Å²) in [4.78, 5) is 16.3. The molecule has 1 aromatic heterocycles. The molecule has 0 unspecified atom stereocenters. The van der Waals surface area contributed by atoms with E-state index in [9.17, 15) is 14.3 Å². The third-order valence-corrected chi connectivity index (χ3v) is 4.45. The van der Waals surface area contributed by atoms with Crippen LogP contribution in [0.15, 0.2) is 41.1 Å². The largest absolute Gasteiger partial charge is 0.379 e. The van der Waals surface area contributed by atoms with Crippen LogP contribution < -0.4 is 0 Å². The minimum absolute atomic E-state index is 0.221. The van der Waals surface area contributed by atoms with Gasteiger partial charge < -0.3 is 14.5 Å².